The van der Waals surface area contributed by atoms with Crippen LogP contribution < -0.4 is 10.1 Å². The van der Waals surface area contributed by atoms with E-state index in [4.69, 9.17) is 4.74 Å². The lowest BCUT2D eigenvalue weighted by Crippen LogP contribution is -2.45. The van der Waals surface area contributed by atoms with Gasteiger partial charge in [-0.15, -0.1) is 0 Å². The van der Waals surface area contributed by atoms with Gasteiger partial charge in [-0.05, 0) is 50.1 Å². The van der Waals surface area contributed by atoms with E-state index in [0.717, 1.165) is 45.1 Å². The zero-order chi connectivity index (χ0) is 23.8. The Morgan fingerprint density at radius 3 is 2.65 bits per heavy atom. The molecule has 2 fully saturated rings. The van der Waals surface area contributed by atoms with Crippen LogP contribution in [-0.2, 0) is 0 Å². The Bertz CT molecular complexity index is 923. The predicted molar refractivity (Wildman–Crippen MR) is 133 cm³/mol. The second-order valence-electron chi connectivity index (χ2n) is 9.62. The predicted octanol–water partition coefficient (Wildman–Crippen LogP) is 4.21. The van der Waals surface area contributed by atoms with Crippen molar-refractivity contribution >= 4 is 5.91 Å². The Morgan fingerprint density at radius 2 is 1.94 bits per heavy atom. The molecule has 1 aromatic heterocycles. The first-order valence-electron chi connectivity index (χ1n) is 12.7. The first-order chi connectivity index (χ1) is 16.6. The number of hydrogen-bond donors (Lipinski definition) is 1. The summed E-state index contributed by atoms with van der Waals surface area (Å²) in [6, 6.07) is 8.26. The molecule has 1 amide bonds. The molecule has 1 aliphatic carbocycles. The van der Waals surface area contributed by atoms with Gasteiger partial charge >= 0.3 is 0 Å². The van der Waals surface area contributed by atoms with Crippen LogP contribution in [0.3, 0.4) is 0 Å². The van der Waals surface area contributed by atoms with Crippen molar-refractivity contribution in [1.29, 1.82) is 0 Å². The topological polar surface area (TPSA) is 57.7 Å². The highest BCUT2D eigenvalue weighted by Gasteiger charge is 2.16. The summed E-state index contributed by atoms with van der Waals surface area (Å²) < 4.78 is 20.5. The number of halogens is 1. The van der Waals surface area contributed by atoms with E-state index in [1.54, 1.807) is 24.3 Å². The molecule has 1 aromatic carbocycles. The van der Waals surface area contributed by atoms with E-state index in [1.165, 1.54) is 44.4 Å². The monoisotopic (exact) mass is 468 g/mol. The molecule has 2 aromatic rings. The summed E-state index contributed by atoms with van der Waals surface area (Å²) in [5.74, 6) is 0.842. The minimum absolute atomic E-state index is 0.130. The summed E-state index contributed by atoms with van der Waals surface area (Å²) in [5.41, 5.74) is 1.39. The molecule has 1 saturated heterocycles. The molecular formula is C27H37FN4O2. The maximum atomic E-state index is 14.7. The van der Waals surface area contributed by atoms with Gasteiger partial charge in [0, 0.05) is 57.1 Å². The summed E-state index contributed by atoms with van der Waals surface area (Å²) >= 11 is 0. The molecule has 0 bridgehead atoms. The van der Waals surface area contributed by atoms with Crippen LogP contribution in [-0.4, -0.2) is 73.6 Å². The summed E-state index contributed by atoms with van der Waals surface area (Å²) in [7, 11) is 2.13. The molecule has 34 heavy (non-hydrogen) atoms. The molecule has 0 unspecified atom stereocenters. The van der Waals surface area contributed by atoms with Crippen LogP contribution in [0.1, 0.15) is 48.9 Å². The fraction of sp³-hybridized carbons (Fsp3) is 0.556. The fourth-order valence-corrected chi connectivity index (χ4v) is 4.84. The lowest BCUT2D eigenvalue weighted by molar-refractivity contribution is 0.0952. The molecule has 2 heterocycles. The van der Waals surface area contributed by atoms with Gasteiger partial charge in [-0.1, -0.05) is 25.7 Å². The number of hydrogen-bond acceptors (Lipinski definition) is 5. The molecule has 1 N–H and O–H groups in total. The highest BCUT2D eigenvalue weighted by Crippen LogP contribution is 2.28. The minimum atomic E-state index is -0.381. The van der Waals surface area contributed by atoms with Crippen molar-refractivity contribution in [1.82, 2.24) is 20.1 Å². The van der Waals surface area contributed by atoms with Crippen molar-refractivity contribution in [2.75, 3.05) is 52.9 Å². The largest absolute Gasteiger partial charge is 0.492 e. The Balaban J connectivity index is 1.23. The zero-order valence-corrected chi connectivity index (χ0v) is 20.3. The Hall–Kier alpha value is -2.51. The number of carbonyl (C=O) groups is 1. The molecule has 1 aliphatic heterocycles. The van der Waals surface area contributed by atoms with E-state index in [2.05, 4.69) is 27.1 Å². The van der Waals surface area contributed by atoms with E-state index in [9.17, 15) is 9.18 Å². The van der Waals surface area contributed by atoms with Crippen molar-refractivity contribution in [3.05, 3.63) is 47.9 Å². The van der Waals surface area contributed by atoms with Crippen LogP contribution >= 0.6 is 0 Å². The van der Waals surface area contributed by atoms with Gasteiger partial charge in [0.25, 0.3) is 5.91 Å². The van der Waals surface area contributed by atoms with Gasteiger partial charge in [0.05, 0.1) is 11.3 Å². The standard InChI is InChI=1S/C27H37FN4O2/c1-31-13-15-32(16-14-31)17-18-34-23-9-10-24(25(28)19-23)26-11-8-22(20-30-26)27(33)29-12-4-7-21-5-2-3-6-21/h8-11,19-21H,2-7,12-18H2,1H3,(H,29,33). The highest BCUT2D eigenvalue weighted by molar-refractivity contribution is 5.94. The maximum absolute atomic E-state index is 14.7. The Labute approximate surface area is 202 Å². The van der Waals surface area contributed by atoms with Gasteiger partial charge in [0.1, 0.15) is 18.2 Å². The van der Waals surface area contributed by atoms with E-state index >= 15 is 0 Å². The van der Waals surface area contributed by atoms with E-state index in [0.29, 0.717) is 35.7 Å². The second-order valence-corrected chi connectivity index (χ2v) is 9.62. The molecule has 0 radical (unpaired) electrons. The minimum Gasteiger partial charge on any atom is -0.492 e. The molecule has 6 nitrogen and oxygen atoms in total. The van der Waals surface area contributed by atoms with Crippen LogP contribution in [0.4, 0.5) is 4.39 Å². The number of nitrogens with one attached hydrogen (secondary N) is 1. The normalized spacial score (nSPS) is 17.7. The quantitative estimate of drug-likeness (QED) is 0.530. The third kappa shape index (κ3) is 7.00. The average molecular weight is 469 g/mol. The molecule has 0 atom stereocenters. The average Bonchev–Trinajstić information content (AvgIpc) is 3.37. The SMILES string of the molecule is CN1CCN(CCOc2ccc(-c3ccc(C(=O)NCCCC4CCCC4)cn3)c(F)c2)CC1. The molecule has 4 rings (SSSR count). The fourth-order valence-electron chi connectivity index (χ4n) is 4.84. The lowest BCUT2D eigenvalue weighted by atomic mass is 10.0. The van der Waals surface area contributed by atoms with Crippen LogP contribution in [0.2, 0.25) is 0 Å². The smallest absolute Gasteiger partial charge is 0.252 e. The number of carbonyl (C=O) groups excluding carboxylic acids is 1. The lowest BCUT2D eigenvalue weighted by Gasteiger charge is -2.32. The van der Waals surface area contributed by atoms with Crippen molar-refractivity contribution < 1.29 is 13.9 Å². The zero-order valence-electron chi connectivity index (χ0n) is 20.3. The maximum Gasteiger partial charge on any atom is 0.252 e. The number of benzene rings is 1. The van der Waals surface area contributed by atoms with Gasteiger partial charge in [-0.2, -0.15) is 0 Å². The van der Waals surface area contributed by atoms with Gasteiger partial charge < -0.3 is 15.0 Å². The third-order valence-corrected chi connectivity index (χ3v) is 7.06. The van der Waals surface area contributed by atoms with Crippen LogP contribution in [0.5, 0.6) is 5.75 Å². The molecule has 0 spiro atoms. The number of rotatable bonds is 10. The number of nitrogens with zero attached hydrogens (tertiary/aromatic N) is 3. The number of piperazine rings is 1. The van der Waals surface area contributed by atoms with Crippen molar-refractivity contribution in [3.63, 3.8) is 0 Å². The number of ether oxygens (including phenoxy) is 1. The van der Waals surface area contributed by atoms with Crippen LogP contribution in [0, 0.1) is 11.7 Å². The number of pyridine rings is 1. The van der Waals surface area contributed by atoms with Gasteiger partial charge in [0.2, 0.25) is 0 Å². The number of aromatic nitrogens is 1. The Kier molecular flexibility index (Phi) is 8.88. The summed E-state index contributed by atoms with van der Waals surface area (Å²) in [5, 5.41) is 2.97. The molecule has 184 valence electrons. The van der Waals surface area contributed by atoms with E-state index in [-0.39, 0.29) is 11.7 Å². The summed E-state index contributed by atoms with van der Waals surface area (Å²) in [4.78, 5) is 21.4. The van der Waals surface area contributed by atoms with Crippen molar-refractivity contribution in [2.45, 2.75) is 38.5 Å². The number of likely N-dealkylation sites (N-methyl/N-ethyl adjacent to an activating group) is 1. The van der Waals surface area contributed by atoms with Gasteiger partial charge in [-0.3, -0.25) is 14.7 Å². The van der Waals surface area contributed by atoms with Gasteiger partial charge in [-0.25, -0.2) is 4.39 Å². The van der Waals surface area contributed by atoms with E-state index < -0.39 is 0 Å². The van der Waals surface area contributed by atoms with Crippen LogP contribution in [0.15, 0.2) is 36.5 Å². The Morgan fingerprint density at radius 1 is 1.15 bits per heavy atom. The third-order valence-electron chi connectivity index (χ3n) is 7.06. The second kappa shape index (κ2) is 12.3. The van der Waals surface area contributed by atoms with Gasteiger partial charge in [0.15, 0.2) is 0 Å². The van der Waals surface area contributed by atoms with Crippen LogP contribution in [0.25, 0.3) is 11.3 Å². The number of amides is 1. The van der Waals surface area contributed by atoms with Crippen molar-refractivity contribution in [3.8, 4) is 17.0 Å². The summed E-state index contributed by atoms with van der Waals surface area (Å²) in [6.45, 7) is 6.26. The highest BCUT2D eigenvalue weighted by atomic mass is 19.1. The van der Waals surface area contributed by atoms with Crippen molar-refractivity contribution in [2.24, 2.45) is 5.92 Å². The molecule has 2 aliphatic rings. The first-order valence-corrected chi connectivity index (χ1v) is 12.7. The first kappa shape index (κ1) is 24.6. The molecule has 1 saturated carbocycles. The summed E-state index contributed by atoms with van der Waals surface area (Å²) in [6.07, 6.45) is 9.08. The molecular weight excluding hydrogens is 431 g/mol. The molecule has 7 heteroatoms. The van der Waals surface area contributed by atoms with E-state index in [1.807, 2.05) is 0 Å².